The van der Waals surface area contributed by atoms with Gasteiger partial charge in [0.25, 0.3) is 0 Å². The number of nitrogens with two attached hydrogens (primary N) is 1. The van der Waals surface area contributed by atoms with Gasteiger partial charge in [-0.15, -0.1) is 0 Å². The van der Waals surface area contributed by atoms with E-state index in [4.69, 9.17) is 15.7 Å². The molecule has 104 valence electrons. The van der Waals surface area contributed by atoms with Crippen LogP contribution in [-0.4, -0.2) is 35.6 Å². The molecular weight excluding hydrogens is 249 g/mol. The Morgan fingerprint density at radius 1 is 1.63 bits per heavy atom. The number of benzene rings is 1. The van der Waals surface area contributed by atoms with Crippen molar-refractivity contribution in [3.05, 3.63) is 29.6 Å². The monoisotopic (exact) mass is 267 g/mol. The second-order valence-electron chi connectivity index (χ2n) is 4.59. The Hall–Kier alpha value is -1.82. The molecule has 1 aromatic rings. The van der Waals surface area contributed by atoms with Gasteiger partial charge in [-0.1, -0.05) is 17.3 Å². The molecule has 3 N–H and O–H groups in total. The van der Waals surface area contributed by atoms with Gasteiger partial charge in [0.1, 0.15) is 0 Å². The van der Waals surface area contributed by atoms with Gasteiger partial charge in [0, 0.05) is 12.1 Å². The van der Waals surface area contributed by atoms with Crippen molar-refractivity contribution in [2.75, 3.05) is 13.7 Å². The van der Waals surface area contributed by atoms with E-state index in [-0.39, 0.29) is 23.4 Å². The summed E-state index contributed by atoms with van der Waals surface area (Å²) in [4.78, 5) is 2.01. The highest BCUT2D eigenvalue weighted by Gasteiger charge is 2.28. The second-order valence-corrected chi connectivity index (χ2v) is 4.59. The van der Waals surface area contributed by atoms with Crippen LogP contribution in [-0.2, 0) is 6.54 Å². The van der Waals surface area contributed by atoms with E-state index in [0.717, 1.165) is 19.4 Å². The number of hydrogen-bond donors (Lipinski definition) is 2. The maximum Gasteiger partial charge on any atom is 0.169 e. The van der Waals surface area contributed by atoms with Crippen LogP contribution >= 0.6 is 0 Å². The van der Waals surface area contributed by atoms with Crippen LogP contribution in [0, 0.1) is 5.82 Å². The number of likely N-dealkylation sites (tertiary alicyclic amines) is 1. The van der Waals surface area contributed by atoms with Crippen LogP contribution in [0.1, 0.15) is 18.4 Å². The summed E-state index contributed by atoms with van der Waals surface area (Å²) in [7, 11) is 1.44. The van der Waals surface area contributed by atoms with Crippen LogP contribution in [0.2, 0.25) is 0 Å². The molecule has 1 aromatic carbocycles. The van der Waals surface area contributed by atoms with Crippen molar-refractivity contribution in [3.63, 3.8) is 0 Å². The first-order chi connectivity index (χ1) is 9.17. The van der Waals surface area contributed by atoms with Crippen molar-refractivity contribution in [1.29, 1.82) is 0 Å². The normalized spacial score (nSPS) is 20.7. The third-order valence-electron chi connectivity index (χ3n) is 3.46. The van der Waals surface area contributed by atoms with E-state index >= 15 is 0 Å². The molecule has 1 aliphatic rings. The molecule has 6 heteroatoms. The first kappa shape index (κ1) is 13.6. The molecular formula is C13H18FN3O2. The molecule has 1 atom stereocenters. The van der Waals surface area contributed by atoms with Gasteiger partial charge < -0.3 is 15.7 Å². The molecule has 0 saturated carbocycles. The predicted molar refractivity (Wildman–Crippen MR) is 69.8 cm³/mol. The molecule has 1 saturated heterocycles. The average Bonchev–Trinajstić information content (AvgIpc) is 2.88. The summed E-state index contributed by atoms with van der Waals surface area (Å²) in [6.07, 6.45) is 1.77. The van der Waals surface area contributed by atoms with Gasteiger partial charge in [-0.2, -0.15) is 0 Å². The Balaban J connectivity index is 2.17. The van der Waals surface area contributed by atoms with Gasteiger partial charge in [-0.3, -0.25) is 4.90 Å². The fraction of sp³-hybridized carbons (Fsp3) is 0.462. The lowest BCUT2D eigenvalue weighted by Gasteiger charge is -2.23. The minimum Gasteiger partial charge on any atom is -0.494 e. The molecule has 1 aliphatic heterocycles. The minimum absolute atomic E-state index is 0.129. The van der Waals surface area contributed by atoms with Gasteiger partial charge >= 0.3 is 0 Å². The van der Waals surface area contributed by atoms with Crippen molar-refractivity contribution < 1.29 is 14.3 Å². The van der Waals surface area contributed by atoms with E-state index < -0.39 is 0 Å². The van der Waals surface area contributed by atoms with Gasteiger partial charge in [0.05, 0.1) is 13.2 Å². The zero-order chi connectivity index (χ0) is 13.8. The summed E-state index contributed by atoms with van der Waals surface area (Å²) >= 11 is 0. The van der Waals surface area contributed by atoms with Crippen LogP contribution in [0.3, 0.4) is 0 Å². The number of methoxy groups -OCH3 is 1. The molecule has 1 unspecified atom stereocenters. The zero-order valence-corrected chi connectivity index (χ0v) is 10.8. The lowest BCUT2D eigenvalue weighted by atomic mass is 10.1. The van der Waals surface area contributed by atoms with E-state index in [0.29, 0.717) is 12.1 Å². The summed E-state index contributed by atoms with van der Waals surface area (Å²) in [5.74, 6) is 0.0630. The molecule has 5 nitrogen and oxygen atoms in total. The lowest BCUT2D eigenvalue weighted by Crippen LogP contribution is -2.40. The van der Waals surface area contributed by atoms with E-state index in [9.17, 15) is 4.39 Å². The summed E-state index contributed by atoms with van der Waals surface area (Å²) in [5.41, 5.74) is 6.21. The molecule has 0 radical (unpaired) electrons. The first-order valence-corrected chi connectivity index (χ1v) is 6.20. The molecule has 0 aromatic heterocycles. The molecule has 0 aliphatic carbocycles. The largest absolute Gasteiger partial charge is 0.494 e. The van der Waals surface area contributed by atoms with Crippen molar-refractivity contribution >= 4 is 5.84 Å². The summed E-state index contributed by atoms with van der Waals surface area (Å²) in [6.45, 7) is 1.22. The third kappa shape index (κ3) is 2.78. The standard InChI is InChI=1S/C13H18FN3O2/c1-19-11-6-2-4-9(12(11)14)8-17-7-3-5-10(17)13(15)16-18/h2,4,6,10,18H,3,5,7-8H2,1H3,(H2,15,16). The van der Waals surface area contributed by atoms with Crippen molar-refractivity contribution in [2.45, 2.75) is 25.4 Å². The van der Waals surface area contributed by atoms with Crippen LogP contribution in [0.15, 0.2) is 23.4 Å². The SMILES string of the molecule is COc1cccc(CN2CCCC2/C(N)=N/O)c1F. The first-order valence-electron chi connectivity index (χ1n) is 6.20. The minimum atomic E-state index is -0.352. The molecule has 2 rings (SSSR count). The zero-order valence-electron chi connectivity index (χ0n) is 10.8. The number of rotatable bonds is 4. The van der Waals surface area contributed by atoms with Gasteiger partial charge in [-0.05, 0) is 25.5 Å². The molecule has 0 bridgehead atoms. The second kappa shape index (κ2) is 5.88. The molecule has 19 heavy (non-hydrogen) atoms. The Morgan fingerprint density at radius 2 is 2.42 bits per heavy atom. The molecule has 1 fully saturated rings. The van der Waals surface area contributed by atoms with Gasteiger partial charge in [0.2, 0.25) is 0 Å². The molecule has 0 amide bonds. The fourth-order valence-corrected chi connectivity index (χ4v) is 2.47. The summed E-state index contributed by atoms with van der Waals surface area (Å²) in [5, 5.41) is 11.8. The Kier molecular flexibility index (Phi) is 4.21. The Bertz CT molecular complexity index is 479. The number of oxime groups is 1. The summed E-state index contributed by atoms with van der Waals surface area (Å²) < 4.78 is 19.0. The average molecular weight is 267 g/mol. The number of ether oxygens (including phenoxy) is 1. The van der Waals surface area contributed by atoms with Crippen molar-refractivity contribution in [3.8, 4) is 5.75 Å². The van der Waals surface area contributed by atoms with Gasteiger partial charge in [-0.25, -0.2) is 4.39 Å². The highest BCUT2D eigenvalue weighted by Crippen LogP contribution is 2.25. The number of hydrogen-bond acceptors (Lipinski definition) is 4. The van der Waals surface area contributed by atoms with E-state index in [2.05, 4.69) is 5.16 Å². The highest BCUT2D eigenvalue weighted by molar-refractivity contribution is 5.85. The lowest BCUT2D eigenvalue weighted by molar-refractivity contribution is 0.270. The topological polar surface area (TPSA) is 71.1 Å². The third-order valence-corrected chi connectivity index (χ3v) is 3.46. The Morgan fingerprint density at radius 3 is 3.11 bits per heavy atom. The number of amidine groups is 1. The maximum absolute atomic E-state index is 14.1. The van der Waals surface area contributed by atoms with Gasteiger partial charge in [0.15, 0.2) is 17.4 Å². The summed E-state index contributed by atoms with van der Waals surface area (Å²) in [6, 6.07) is 4.94. The number of halogens is 1. The van der Waals surface area contributed by atoms with E-state index in [1.807, 2.05) is 4.90 Å². The molecule has 0 spiro atoms. The fourth-order valence-electron chi connectivity index (χ4n) is 2.47. The van der Waals surface area contributed by atoms with Crippen LogP contribution in [0.5, 0.6) is 5.75 Å². The van der Waals surface area contributed by atoms with Crippen LogP contribution in [0.4, 0.5) is 4.39 Å². The Labute approximate surface area is 111 Å². The van der Waals surface area contributed by atoms with E-state index in [1.54, 1.807) is 18.2 Å². The molecule has 1 heterocycles. The van der Waals surface area contributed by atoms with Crippen molar-refractivity contribution in [1.82, 2.24) is 4.90 Å². The van der Waals surface area contributed by atoms with Crippen LogP contribution in [0.25, 0.3) is 0 Å². The highest BCUT2D eigenvalue weighted by atomic mass is 19.1. The van der Waals surface area contributed by atoms with E-state index in [1.165, 1.54) is 7.11 Å². The smallest absolute Gasteiger partial charge is 0.169 e. The van der Waals surface area contributed by atoms with Crippen molar-refractivity contribution in [2.24, 2.45) is 10.9 Å². The quantitative estimate of drug-likeness (QED) is 0.376. The van der Waals surface area contributed by atoms with Crippen LogP contribution < -0.4 is 10.5 Å². The number of nitrogens with zero attached hydrogens (tertiary/aromatic N) is 2. The predicted octanol–water partition coefficient (Wildman–Crippen LogP) is 1.55. The maximum atomic E-state index is 14.1.